The highest BCUT2D eigenvalue weighted by atomic mass is 16.5. The van der Waals surface area contributed by atoms with E-state index < -0.39 is 11.3 Å². The van der Waals surface area contributed by atoms with Crippen LogP contribution in [0.25, 0.3) is 0 Å². The van der Waals surface area contributed by atoms with Gasteiger partial charge in [0.1, 0.15) is 0 Å². The highest BCUT2D eigenvalue weighted by molar-refractivity contribution is 5.85. The minimum Gasteiger partial charge on any atom is -0.379 e. The number of nitrogens with one attached hydrogen (secondary N) is 2. The third-order valence-corrected chi connectivity index (χ3v) is 3.49. The number of nitrogens with zero attached hydrogens (tertiary/aromatic N) is 2. The summed E-state index contributed by atoms with van der Waals surface area (Å²) in [6.07, 6.45) is 0.427. The Hall–Kier alpha value is -1.67. The van der Waals surface area contributed by atoms with Gasteiger partial charge >= 0.3 is 5.76 Å². The van der Waals surface area contributed by atoms with Crippen LogP contribution in [-0.4, -0.2) is 59.3 Å². The number of H-pyrrole nitrogens is 1. The molecule has 112 valence electrons. The second-order valence-electron chi connectivity index (χ2n) is 5.21. The van der Waals surface area contributed by atoms with Crippen molar-refractivity contribution in [1.82, 2.24) is 20.4 Å². The monoisotopic (exact) mass is 284 g/mol. The molecule has 2 rings (SSSR count). The van der Waals surface area contributed by atoms with Crippen LogP contribution < -0.4 is 11.1 Å². The molecule has 0 bridgehead atoms. The van der Waals surface area contributed by atoms with Crippen LogP contribution in [0, 0.1) is 0 Å². The van der Waals surface area contributed by atoms with Crippen molar-refractivity contribution in [2.24, 2.45) is 0 Å². The quantitative estimate of drug-likeness (QED) is 0.729. The molecule has 1 aromatic rings. The van der Waals surface area contributed by atoms with Gasteiger partial charge in [0, 0.05) is 26.1 Å². The molecule has 0 saturated carbocycles. The fourth-order valence-electron chi connectivity index (χ4n) is 2.14. The number of morpholine rings is 1. The van der Waals surface area contributed by atoms with Gasteiger partial charge in [-0.05, 0) is 13.8 Å². The maximum atomic E-state index is 12.3. The number of hydrogen-bond donors (Lipinski definition) is 2. The molecular weight excluding hydrogens is 264 g/mol. The zero-order valence-electron chi connectivity index (χ0n) is 11.8. The lowest BCUT2D eigenvalue weighted by atomic mass is 10.0. The summed E-state index contributed by atoms with van der Waals surface area (Å²) in [5.41, 5.74) is -0.582. The van der Waals surface area contributed by atoms with E-state index in [1.165, 1.54) is 0 Å². The molecule has 20 heavy (non-hydrogen) atoms. The van der Waals surface area contributed by atoms with Gasteiger partial charge in [0.2, 0.25) is 5.91 Å². The van der Waals surface area contributed by atoms with Gasteiger partial charge in [0.05, 0.1) is 18.8 Å². The van der Waals surface area contributed by atoms with Crippen molar-refractivity contribution in [2.75, 3.05) is 32.8 Å². The third kappa shape index (κ3) is 3.45. The SMILES string of the molecule is CC(C)(C(=O)NCCc1noc(=O)[nH]1)N1CCOCC1. The molecule has 8 nitrogen and oxygen atoms in total. The van der Waals surface area contributed by atoms with Crippen LogP contribution >= 0.6 is 0 Å². The highest BCUT2D eigenvalue weighted by Gasteiger charge is 2.35. The second kappa shape index (κ2) is 6.19. The summed E-state index contributed by atoms with van der Waals surface area (Å²) in [7, 11) is 0. The molecule has 0 spiro atoms. The zero-order valence-corrected chi connectivity index (χ0v) is 11.8. The van der Waals surface area contributed by atoms with Gasteiger partial charge in [-0.2, -0.15) is 0 Å². The van der Waals surface area contributed by atoms with E-state index in [1.54, 1.807) is 0 Å². The number of carbonyl (C=O) groups excluding carboxylic acids is 1. The predicted molar refractivity (Wildman–Crippen MR) is 70.3 cm³/mol. The molecule has 0 radical (unpaired) electrons. The fraction of sp³-hybridized carbons (Fsp3) is 0.750. The first-order valence-corrected chi connectivity index (χ1v) is 6.66. The molecule has 1 aliphatic rings. The van der Waals surface area contributed by atoms with Gasteiger partial charge in [0.25, 0.3) is 0 Å². The number of aromatic nitrogens is 2. The third-order valence-electron chi connectivity index (χ3n) is 3.49. The lowest BCUT2D eigenvalue weighted by Crippen LogP contribution is -2.58. The van der Waals surface area contributed by atoms with Crippen LogP contribution in [0.15, 0.2) is 9.32 Å². The van der Waals surface area contributed by atoms with Crippen molar-refractivity contribution >= 4 is 5.91 Å². The zero-order chi connectivity index (χ0) is 14.6. The molecule has 0 aliphatic carbocycles. The molecule has 1 amide bonds. The largest absolute Gasteiger partial charge is 0.438 e. The standard InChI is InChI=1S/C12H20N4O4/c1-12(2,16-5-7-19-8-6-16)10(17)13-4-3-9-14-11(18)20-15-9/h3-8H2,1-2H3,(H,13,17)(H,14,15,18). The minimum absolute atomic E-state index is 0.0507. The summed E-state index contributed by atoms with van der Waals surface area (Å²) in [5.74, 6) is -0.204. The molecular formula is C12H20N4O4. The van der Waals surface area contributed by atoms with Gasteiger partial charge in [-0.3, -0.25) is 19.2 Å². The van der Waals surface area contributed by atoms with Gasteiger partial charge in [-0.25, -0.2) is 4.79 Å². The number of hydrogen-bond acceptors (Lipinski definition) is 6. The van der Waals surface area contributed by atoms with Crippen molar-refractivity contribution in [2.45, 2.75) is 25.8 Å². The van der Waals surface area contributed by atoms with Gasteiger partial charge in [-0.1, -0.05) is 5.16 Å². The maximum absolute atomic E-state index is 12.3. The summed E-state index contributed by atoms with van der Waals surface area (Å²) in [6.45, 7) is 6.98. The van der Waals surface area contributed by atoms with E-state index in [0.29, 0.717) is 32.0 Å². The average molecular weight is 284 g/mol. The molecule has 2 heterocycles. The van der Waals surface area contributed by atoms with Crippen LogP contribution in [0.5, 0.6) is 0 Å². The number of ether oxygens (including phenoxy) is 1. The van der Waals surface area contributed by atoms with Crippen LogP contribution in [0.1, 0.15) is 19.7 Å². The van der Waals surface area contributed by atoms with Gasteiger partial charge in [-0.15, -0.1) is 0 Å². The Bertz CT molecular complexity index is 502. The van der Waals surface area contributed by atoms with Crippen LogP contribution in [0.3, 0.4) is 0 Å². The molecule has 0 aromatic carbocycles. The van der Waals surface area contributed by atoms with Crippen molar-refractivity contribution in [3.8, 4) is 0 Å². The topological polar surface area (TPSA) is 100 Å². The first kappa shape index (κ1) is 14.7. The normalized spacial score (nSPS) is 17.1. The molecule has 1 aromatic heterocycles. The molecule has 2 N–H and O–H groups in total. The number of rotatable bonds is 5. The molecule has 1 aliphatic heterocycles. The number of amides is 1. The lowest BCUT2D eigenvalue weighted by Gasteiger charge is -2.39. The first-order chi connectivity index (χ1) is 9.50. The summed E-state index contributed by atoms with van der Waals surface area (Å²) < 4.78 is 9.68. The minimum atomic E-state index is -0.583. The molecule has 1 saturated heterocycles. The van der Waals surface area contributed by atoms with E-state index in [1.807, 2.05) is 13.8 Å². The number of aromatic amines is 1. The van der Waals surface area contributed by atoms with E-state index in [4.69, 9.17) is 4.74 Å². The fourth-order valence-corrected chi connectivity index (χ4v) is 2.14. The van der Waals surface area contributed by atoms with E-state index in [9.17, 15) is 9.59 Å². The van der Waals surface area contributed by atoms with Crippen molar-refractivity contribution in [3.63, 3.8) is 0 Å². The molecule has 0 unspecified atom stereocenters. The second-order valence-corrected chi connectivity index (χ2v) is 5.21. The molecule has 8 heteroatoms. The van der Waals surface area contributed by atoms with Crippen molar-refractivity contribution in [1.29, 1.82) is 0 Å². The van der Waals surface area contributed by atoms with Crippen molar-refractivity contribution in [3.05, 3.63) is 16.4 Å². The maximum Gasteiger partial charge on any atom is 0.438 e. The lowest BCUT2D eigenvalue weighted by molar-refractivity contribution is -0.134. The summed E-state index contributed by atoms with van der Waals surface area (Å²) in [4.78, 5) is 27.6. The Labute approximate surface area is 116 Å². The Morgan fingerprint density at radius 3 is 2.75 bits per heavy atom. The van der Waals surface area contributed by atoms with E-state index in [0.717, 1.165) is 13.1 Å². The van der Waals surface area contributed by atoms with E-state index in [-0.39, 0.29) is 5.91 Å². The summed E-state index contributed by atoms with van der Waals surface area (Å²) in [6, 6.07) is 0. The Morgan fingerprint density at radius 1 is 1.45 bits per heavy atom. The molecule has 0 atom stereocenters. The molecule has 1 fully saturated rings. The van der Waals surface area contributed by atoms with Crippen LogP contribution in [0.2, 0.25) is 0 Å². The average Bonchev–Trinajstić information content (AvgIpc) is 2.85. The summed E-state index contributed by atoms with van der Waals surface area (Å²) in [5, 5.41) is 6.40. The Kier molecular flexibility index (Phi) is 4.56. The Balaban J connectivity index is 1.82. The smallest absolute Gasteiger partial charge is 0.379 e. The van der Waals surface area contributed by atoms with Gasteiger partial charge < -0.3 is 10.1 Å². The van der Waals surface area contributed by atoms with Crippen LogP contribution in [-0.2, 0) is 16.0 Å². The van der Waals surface area contributed by atoms with Crippen LogP contribution in [0.4, 0.5) is 0 Å². The van der Waals surface area contributed by atoms with E-state index >= 15 is 0 Å². The van der Waals surface area contributed by atoms with Crippen molar-refractivity contribution < 1.29 is 14.1 Å². The summed E-state index contributed by atoms with van der Waals surface area (Å²) >= 11 is 0. The van der Waals surface area contributed by atoms with Gasteiger partial charge in [0.15, 0.2) is 5.82 Å². The highest BCUT2D eigenvalue weighted by Crippen LogP contribution is 2.16. The predicted octanol–water partition coefficient (Wildman–Crippen LogP) is -0.868. The number of carbonyl (C=O) groups is 1. The first-order valence-electron chi connectivity index (χ1n) is 6.66. The van der Waals surface area contributed by atoms with E-state index in [2.05, 4.69) is 24.9 Å². The Morgan fingerprint density at radius 2 is 2.15 bits per heavy atom.